The van der Waals surface area contributed by atoms with Crippen LogP contribution in [0.2, 0.25) is 0 Å². The third-order valence-electron chi connectivity index (χ3n) is 9.65. The van der Waals surface area contributed by atoms with Gasteiger partial charge in [-0.15, -0.1) is 0 Å². The van der Waals surface area contributed by atoms with E-state index in [0.717, 1.165) is 54.2 Å². The molecule has 0 N–H and O–H groups in total. The third-order valence-corrected chi connectivity index (χ3v) is 9.65. The molecule has 0 fully saturated rings. The fourth-order valence-electron chi connectivity index (χ4n) is 7.64. The molecular weight excluding hydrogens is 577 g/mol. The van der Waals surface area contributed by atoms with E-state index in [4.69, 9.17) is 5.48 Å². The minimum Gasteiger partial charge on any atom is -0.0622 e. The molecule has 0 heteroatoms. The summed E-state index contributed by atoms with van der Waals surface area (Å²) in [7, 11) is 0. The number of rotatable bonds is 3. The van der Waals surface area contributed by atoms with Crippen LogP contribution in [0.5, 0.6) is 0 Å². The van der Waals surface area contributed by atoms with Crippen LogP contribution in [0.1, 0.15) is 11.0 Å². The first-order valence-electron chi connectivity index (χ1n) is 20.0. The second kappa shape index (κ2) is 10.7. The van der Waals surface area contributed by atoms with Crippen molar-refractivity contribution >= 4 is 64.6 Å². The molecule has 10 rings (SSSR count). The first-order chi connectivity index (χ1) is 27.2. The van der Waals surface area contributed by atoms with Gasteiger partial charge in [-0.25, -0.2) is 0 Å². The molecule has 0 aromatic heterocycles. The first kappa shape index (κ1) is 20.1. The van der Waals surface area contributed by atoms with Gasteiger partial charge in [0.15, 0.2) is 0 Å². The minimum absolute atomic E-state index is 0.196. The maximum absolute atomic E-state index is 9.57. The van der Waals surface area contributed by atoms with Gasteiger partial charge in [0.1, 0.15) is 0 Å². The summed E-state index contributed by atoms with van der Waals surface area (Å²) >= 11 is 0. The molecular formula is C48H30. The third kappa shape index (κ3) is 3.96. The van der Waals surface area contributed by atoms with Gasteiger partial charge in [-0.3, -0.25) is 0 Å². The van der Waals surface area contributed by atoms with Gasteiger partial charge in [-0.2, -0.15) is 0 Å². The van der Waals surface area contributed by atoms with Crippen molar-refractivity contribution in [1.82, 2.24) is 0 Å². The van der Waals surface area contributed by atoms with E-state index in [1.54, 1.807) is 0 Å². The molecule has 0 heterocycles. The summed E-state index contributed by atoms with van der Waals surface area (Å²) in [5.41, 5.74) is 3.65. The lowest BCUT2D eigenvalue weighted by atomic mass is 9.82. The van der Waals surface area contributed by atoms with Crippen molar-refractivity contribution in [3.8, 4) is 33.4 Å². The molecule has 0 unspecified atom stereocenters. The SMILES string of the molecule is [2H]c1c([2H])c([2H])c2c(-c3cc4c5ccccc5c5ccccc5c4c4ccccc34)c3c([2H])c([2H])c([2H])c([2H])c3c(-c3cccc(-c4ccccc4)c3)c2c1[2H]. The first-order valence-corrected chi connectivity index (χ1v) is 16.0. The van der Waals surface area contributed by atoms with Crippen molar-refractivity contribution < 1.29 is 11.0 Å². The molecule has 222 valence electrons. The molecule has 0 aliphatic rings. The average Bonchev–Trinajstić information content (AvgIpc) is 3.25. The highest BCUT2D eigenvalue weighted by molar-refractivity contribution is 6.34. The highest BCUT2D eigenvalue weighted by Gasteiger charge is 2.20. The molecule has 0 nitrogen and oxygen atoms in total. The van der Waals surface area contributed by atoms with Crippen LogP contribution >= 0.6 is 0 Å². The maximum atomic E-state index is 9.57. The minimum atomic E-state index is -0.422. The Morgan fingerprint density at radius 2 is 0.729 bits per heavy atom. The molecule has 0 saturated heterocycles. The van der Waals surface area contributed by atoms with Gasteiger partial charge in [0, 0.05) is 0 Å². The fourth-order valence-corrected chi connectivity index (χ4v) is 7.64. The Kier molecular flexibility index (Phi) is 4.46. The van der Waals surface area contributed by atoms with E-state index in [2.05, 4.69) is 36.4 Å². The predicted octanol–water partition coefficient (Wildman–Crippen LogP) is 13.6. The van der Waals surface area contributed by atoms with Crippen LogP contribution in [0, 0.1) is 0 Å². The molecule has 0 amide bonds. The average molecular weight is 615 g/mol. The Morgan fingerprint density at radius 3 is 1.35 bits per heavy atom. The van der Waals surface area contributed by atoms with E-state index >= 15 is 0 Å². The second-order valence-corrected chi connectivity index (χ2v) is 12.2. The summed E-state index contributed by atoms with van der Waals surface area (Å²) in [6, 6.07) is 41.1. The summed E-state index contributed by atoms with van der Waals surface area (Å²) in [6.07, 6.45) is 0. The summed E-state index contributed by atoms with van der Waals surface area (Å²) in [6.45, 7) is 0. The molecule has 0 aliphatic carbocycles. The number of hydrogen-bond acceptors (Lipinski definition) is 0. The summed E-state index contributed by atoms with van der Waals surface area (Å²) in [5.74, 6) is 0. The van der Waals surface area contributed by atoms with Gasteiger partial charge >= 0.3 is 0 Å². The van der Waals surface area contributed by atoms with Crippen LogP contribution in [0.4, 0.5) is 0 Å². The molecule has 0 atom stereocenters. The fraction of sp³-hybridized carbons (Fsp3) is 0. The second-order valence-electron chi connectivity index (χ2n) is 12.2. The zero-order valence-corrected chi connectivity index (χ0v) is 25.7. The number of hydrogen-bond donors (Lipinski definition) is 0. The lowest BCUT2D eigenvalue weighted by Crippen LogP contribution is -1.93. The molecule has 0 aliphatic heterocycles. The van der Waals surface area contributed by atoms with Gasteiger partial charge in [0.05, 0.1) is 11.0 Å². The van der Waals surface area contributed by atoms with E-state index < -0.39 is 24.2 Å². The standard InChI is InChI=1S/C48H30/c1-2-15-31(16-3-1)32-17-14-18-33(29-32)46-40-25-10-12-27-42(40)48(43-28-13-11-26-41(43)46)45-30-44-36-21-5-4-19-34(36)35-20-6-8-23-38(35)47(44)39-24-9-7-22-37(39)45/h1-30H/i10D,11D,12D,13D,25D,26D,27D,28D. The van der Waals surface area contributed by atoms with Crippen molar-refractivity contribution in [3.63, 3.8) is 0 Å². The largest absolute Gasteiger partial charge is 0.0629 e. The van der Waals surface area contributed by atoms with Gasteiger partial charge in [0.2, 0.25) is 0 Å². The van der Waals surface area contributed by atoms with Crippen molar-refractivity contribution in [2.45, 2.75) is 0 Å². The molecule has 0 spiro atoms. The van der Waals surface area contributed by atoms with Crippen LogP contribution in [0.15, 0.2) is 182 Å². The Morgan fingerprint density at radius 1 is 0.292 bits per heavy atom. The quantitative estimate of drug-likeness (QED) is 0.137. The summed E-state index contributed by atoms with van der Waals surface area (Å²) in [5, 5.41) is 8.69. The zero-order chi connectivity index (χ0) is 38.6. The van der Waals surface area contributed by atoms with Crippen molar-refractivity contribution in [2.24, 2.45) is 0 Å². The highest BCUT2D eigenvalue weighted by Crippen LogP contribution is 2.48. The Hall–Kier alpha value is -6.24. The zero-order valence-electron chi connectivity index (χ0n) is 33.7. The smallest absolute Gasteiger partial charge is 0.0622 e. The van der Waals surface area contributed by atoms with Crippen molar-refractivity contribution in [1.29, 1.82) is 0 Å². The van der Waals surface area contributed by atoms with Gasteiger partial charge in [-0.1, -0.05) is 170 Å². The summed E-state index contributed by atoms with van der Waals surface area (Å²) in [4.78, 5) is 0. The maximum Gasteiger partial charge on any atom is 0.0629 e. The van der Waals surface area contributed by atoms with Crippen LogP contribution in [0.3, 0.4) is 0 Å². The van der Waals surface area contributed by atoms with Crippen LogP contribution in [0.25, 0.3) is 98.0 Å². The van der Waals surface area contributed by atoms with Crippen LogP contribution < -0.4 is 0 Å². The van der Waals surface area contributed by atoms with E-state index in [-0.39, 0.29) is 45.7 Å². The molecule has 0 saturated carbocycles. The number of benzene rings is 10. The molecule has 10 aromatic carbocycles. The Bertz CT molecular complexity index is 3250. The lowest BCUT2D eigenvalue weighted by molar-refractivity contribution is 1.61. The van der Waals surface area contributed by atoms with Crippen LogP contribution in [-0.4, -0.2) is 0 Å². The molecule has 48 heavy (non-hydrogen) atoms. The topological polar surface area (TPSA) is 0 Å². The number of fused-ring (bicyclic) bond motifs is 10. The Balaban J connectivity index is 1.49. The summed E-state index contributed by atoms with van der Waals surface area (Å²) < 4.78 is 73.9. The van der Waals surface area contributed by atoms with Gasteiger partial charge < -0.3 is 0 Å². The predicted molar refractivity (Wildman–Crippen MR) is 208 cm³/mol. The molecule has 0 bridgehead atoms. The normalized spacial score (nSPS) is 14.1. The van der Waals surface area contributed by atoms with Gasteiger partial charge in [-0.05, 0) is 110 Å². The van der Waals surface area contributed by atoms with Gasteiger partial charge in [0.25, 0.3) is 0 Å². The van der Waals surface area contributed by atoms with E-state index in [1.807, 2.05) is 97.1 Å². The van der Waals surface area contributed by atoms with Crippen molar-refractivity contribution in [3.05, 3.63) is 182 Å². The van der Waals surface area contributed by atoms with E-state index in [0.29, 0.717) is 22.3 Å². The van der Waals surface area contributed by atoms with E-state index in [1.165, 1.54) is 0 Å². The highest BCUT2D eigenvalue weighted by atomic mass is 14.2. The lowest BCUT2D eigenvalue weighted by Gasteiger charge is -2.21. The Labute approximate surface area is 290 Å². The molecule has 10 aromatic rings. The molecule has 0 radical (unpaired) electrons. The monoisotopic (exact) mass is 614 g/mol. The van der Waals surface area contributed by atoms with Crippen molar-refractivity contribution in [2.75, 3.05) is 0 Å². The van der Waals surface area contributed by atoms with Crippen LogP contribution in [-0.2, 0) is 0 Å². The van der Waals surface area contributed by atoms with E-state index in [9.17, 15) is 5.48 Å².